The van der Waals surface area contributed by atoms with Gasteiger partial charge in [-0.1, -0.05) is 0 Å². The molecular formula is H2CsNO2. The van der Waals surface area contributed by atoms with Gasteiger partial charge in [0.15, 0.2) is 5.34 Å². The van der Waals surface area contributed by atoms with E-state index in [2.05, 4.69) is 0 Å². The van der Waals surface area contributed by atoms with Gasteiger partial charge in [0, 0.05) is 0 Å². The Hall–Kier alpha value is 1.45. The van der Waals surface area contributed by atoms with Crippen molar-refractivity contribution < 1.29 is 5.21 Å². The van der Waals surface area contributed by atoms with Crippen LogP contribution in [0.15, 0.2) is 5.34 Å². The first-order valence-electron chi connectivity index (χ1n) is 0.383. The van der Waals surface area contributed by atoms with Gasteiger partial charge in [0.05, 0.1) is 0 Å². The van der Waals surface area contributed by atoms with E-state index in [9.17, 15) is 0 Å². The quantitative estimate of drug-likeness (QED) is 0.404. The third-order valence-electron chi connectivity index (χ3n) is 0. The maximum absolute atomic E-state index is 8.11. The zero-order valence-electron chi connectivity index (χ0n) is 1.30. The molecule has 4 heavy (non-hydrogen) atoms. The Bertz CT molecular complexity index is 13.5. The van der Waals surface area contributed by atoms with Crippen molar-refractivity contribution in [3.63, 3.8) is 0 Å². The Kier molecular flexibility index (Phi) is 20.0. The van der Waals surface area contributed by atoms with E-state index >= 15 is 0 Å². The van der Waals surface area contributed by atoms with Crippen LogP contribution in [0.1, 0.15) is 0 Å². The summed E-state index contributed by atoms with van der Waals surface area (Å²) in [5, 5.41) is 7.89. The van der Waals surface area contributed by atoms with Gasteiger partial charge in [-0.2, -0.15) is 0 Å². The van der Waals surface area contributed by atoms with Crippen LogP contribution in [0.25, 0.3) is 0 Å². The molecule has 0 amide bonds. The molecule has 0 fully saturated rings. The number of hydrogen-bond donors (Lipinski definition) is 1. The van der Waals surface area contributed by atoms with Gasteiger partial charge in [0.25, 0.3) is 0 Å². The van der Waals surface area contributed by atoms with E-state index < -0.39 is 0 Å². The van der Waals surface area contributed by atoms with Crippen molar-refractivity contribution in [2.75, 3.05) is 0 Å². The zero-order chi connectivity index (χ0) is 2.71. The molecule has 0 heterocycles. The molecule has 0 aliphatic carbocycles. The van der Waals surface area contributed by atoms with E-state index in [4.69, 9.17) is 10.1 Å². The molecule has 0 aromatic heterocycles. The molecule has 0 rings (SSSR count). The average Bonchev–Trinajstić information content (AvgIpc) is 0.918. The maximum atomic E-state index is 8.11. The fourth-order valence-electron chi connectivity index (χ4n) is 0. The second-order valence-corrected chi connectivity index (χ2v) is 0.0816. The van der Waals surface area contributed by atoms with Crippen LogP contribution in [0.3, 0.4) is 0 Å². The van der Waals surface area contributed by atoms with Crippen molar-refractivity contribution in [3.8, 4) is 0 Å². The van der Waals surface area contributed by atoms with Crippen molar-refractivity contribution in [1.29, 1.82) is 0 Å². The molecule has 0 aliphatic rings. The van der Waals surface area contributed by atoms with Gasteiger partial charge in [-0.3, -0.25) is 0 Å². The van der Waals surface area contributed by atoms with Gasteiger partial charge >= 0.3 is 68.9 Å². The first kappa shape index (κ1) is 9.07. The average molecular weight is 181 g/mol. The van der Waals surface area contributed by atoms with Crippen LogP contribution >= 0.6 is 0 Å². The predicted octanol–water partition coefficient (Wildman–Crippen LogP) is -0.506. The van der Waals surface area contributed by atoms with E-state index in [0.29, 0.717) is 0 Å². The van der Waals surface area contributed by atoms with Crippen molar-refractivity contribution in [2.45, 2.75) is 0 Å². The first-order valence-corrected chi connectivity index (χ1v) is 0.383. The standard InChI is InChI=1S/Cs.HNO2.H/c;2-1-3;/h;(H,2,3);. The molecule has 0 aliphatic heterocycles. The molecule has 0 spiro atoms. The SMILES string of the molecule is O=NO.[CsH]. The van der Waals surface area contributed by atoms with E-state index in [-0.39, 0.29) is 68.9 Å². The molecule has 0 radical (unpaired) electrons. The molecule has 0 aromatic carbocycles. The van der Waals surface area contributed by atoms with Crippen LogP contribution in [-0.4, -0.2) is 74.1 Å². The van der Waals surface area contributed by atoms with Crippen LogP contribution < -0.4 is 0 Å². The minimum atomic E-state index is 0. The van der Waals surface area contributed by atoms with Gasteiger partial charge < -0.3 is 5.21 Å². The first-order chi connectivity index (χ1) is 1.41. The van der Waals surface area contributed by atoms with Gasteiger partial charge in [0.1, 0.15) is 0 Å². The molecule has 0 aromatic rings. The van der Waals surface area contributed by atoms with Gasteiger partial charge in [-0.05, 0) is 0 Å². The molecule has 0 bridgehead atoms. The summed E-state index contributed by atoms with van der Waals surface area (Å²) in [6.45, 7) is 0. The van der Waals surface area contributed by atoms with Crippen molar-refractivity contribution >= 4 is 68.9 Å². The molecule has 0 saturated heterocycles. The van der Waals surface area contributed by atoms with Crippen molar-refractivity contribution in [1.82, 2.24) is 0 Å². The molecule has 20 valence electrons. The summed E-state index contributed by atoms with van der Waals surface area (Å²) in [4.78, 5) is 8.11. The molecule has 0 atom stereocenters. The number of nitrogens with zero attached hydrogens (tertiary/aromatic N) is 1. The minimum absolute atomic E-state index is 0. The third kappa shape index (κ3) is 9.84. The second kappa shape index (κ2) is 8.82. The summed E-state index contributed by atoms with van der Waals surface area (Å²) in [7, 11) is 0. The molecule has 1 N–H and O–H groups in total. The van der Waals surface area contributed by atoms with Gasteiger partial charge in [-0.25, -0.2) is 0 Å². The van der Waals surface area contributed by atoms with Crippen LogP contribution in [0.2, 0.25) is 0 Å². The van der Waals surface area contributed by atoms with Crippen molar-refractivity contribution in [2.24, 2.45) is 5.34 Å². The second-order valence-electron chi connectivity index (χ2n) is 0.0816. The van der Waals surface area contributed by atoms with E-state index in [1.165, 1.54) is 5.34 Å². The molecule has 0 unspecified atom stereocenters. The fraction of sp³-hybridized carbons (Fsp3) is 0. The van der Waals surface area contributed by atoms with Crippen LogP contribution in [0, 0.1) is 4.91 Å². The van der Waals surface area contributed by atoms with E-state index in [1.54, 1.807) is 0 Å². The summed E-state index contributed by atoms with van der Waals surface area (Å²) in [6, 6.07) is 0. The monoisotopic (exact) mass is 181 g/mol. The fourth-order valence-corrected chi connectivity index (χ4v) is 0. The topological polar surface area (TPSA) is 49.7 Å². The summed E-state index contributed by atoms with van der Waals surface area (Å²) in [5.74, 6) is 0. The van der Waals surface area contributed by atoms with Gasteiger partial charge in [-0.15, -0.1) is 4.91 Å². The number of rotatable bonds is 0. The Morgan fingerprint density at radius 1 is 1.75 bits per heavy atom. The summed E-state index contributed by atoms with van der Waals surface area (Å²) >= 11 is 0. The zero-order valence-corrected chi connectivity index (χ0v) is 1.30. The van der Waals surface area contributed by atoms with Crippen molar-refractivity contribution in [3.05, 3.63) is 4.91 Å². The van der Waals surface area contributed by atoms with Crippen LogP contribution in [0.5, 0.6) is 0 Å². The Balaban J connectivity index is 0. The Morgan fingerprint density at radius 3 is 1.75 bits per heavy atom. The predicted molar refractivity (Wildman–Crippen MR) is 14.7 cm³/mol. The van der Waals surface area contributed by atoms with E-state index in [1.807, 2.05) is 0 Å². The summed E-state index contributed by atoms with van der Waals surface area (Å²) in [6.07, 6.45) is 0. The van der Waals surface area contributed by atoms with Gasteiger partial charge in [0.2, 0.25) is 0 Å². The summed E-state index contributed by atoms with van der Waals surface area (Å²) in [5.41, 5.74) is 0. The van der Waals surface area contributed by atoms with Crippen LogP contribution in [-0.2, 0) is 0 Å². The molecule has 4 heteroatoms. The molecular weight excluding hydrogens is 179 g/mol. The molecule has 3 nitrogen and oxygen atoms in total. The third-order valence-corrected chi connectivity index (χ3v) is 0. The molecule has 0 saturated carbocycles. The Labute approximate surface area is 82.1 Å². The number of hydrogen-bond acceptors (Lipinski definition) is 2. The normalized spacial score (nSPS) is 3.00. The van der Waals surface area contributed by atoms with E-state index in [0.717, 1.165) is 0 Å². The Morgan fingerprint density at radius 2 is 1.75 bits per heavy atom. The summed E-state index contributed by atoms with van der Waals surface area (Å²) < 4.78 is 0. The van der Waals surface area contributed by atoms with Crippen LogP contribution in [0.4, 0.5) is 0 Å².